The molecule has 0 aliphatic heterocycles. The Labute approximate surface area is 78.4 Å². The van der Waals surface area contributed by atoms with Gasteiger partial charge in [-0.1, -0.05) is 19.5 Å². The summed E-state index contributed by atoms with van der Waals surface area (Å²) < 4.78 is 0. The van der Waals surface area contributed by atoms with E-state index in [1.54, 1.807) is 0 Å². The molecule has 78 valence electrons. The molecular weight excluding hydrogens is 172 g/mol. The van der Waals surface area contributed by atoms with Gasteiger partial charge in [-0.25, -0.2) is 5.23 Å². The fraction of sp³-hybridized carbons (Fsp3) is 1.00. The quantitative estimate of drug-likeness (QED) is 0.674. The number of rotatable bonds is 4. The lowest BCUT2D eigenvalue weighted by atomic mass is 10.1. The monoisotopic (exact) mass is 189 g/mol. The summed E-state index contributed by atoms with van der Waals surface area (Å²) in [4.78, 5) is 9.02. The van der Waals surface area contributed by atoms with Crippen molar-refractivity contribution in [3.05, 3.63) is 5.21 Å². The molecule has 0 bridgehead atoms. The topological polar surface area (TPSA) is 56.8 Å². The van der Waals surface area contributed by atoms with Gasteiger partial charge in [0.05, 0.1) is 7.11 Å². The van der Waals surface area contributed by atoms with E-state index >= 15 is 0 Å². The summed E-state index contributed by atoms with van der Waals surface area (Å²) in [7, 11) is 1.40. The molecule has 5 heteroatoms. The molecule has 1 aliphatic rings. The average Bonchev–Trinajstić information content (AvgIpc) is 2.41. The van der Waals surface area contributed by atoms with Crippen molar-refractivity contribution in [3.63, 3.8) is 0 Å². The van der Waals surface area contributed by atoms with E-state index in [2.05, 4.69) is 29.3 Å². The zero-order valence-corrected chi connectivity index (χ0v) is 8.32. The molecule has 0 aromatic heterocycles. The molecule has 1 saturated carbocycles. The van der Waals surface area contributed by atoms with Crippen LogP contribution in [0.2, 0.25) is 0 Å². The van der Waals surface area contributed by atoms with Crippen LogP contribution in [0.5, 0.6) is 0 Å². The summed E-state index contributed by atoms with van der Waals surface area (Å²) in [6.45, 7) is 4.21. The molecule has 5 nitrogen and oxygen atoms in total. The van der Waals surface area contributed by atoms with Crippen molar-refractivity contribution in [2.75, 3.05) is 7.11 Å². The lowest BCUT2D eigenvalue weighted by Gasteiger charge is -2.34. The van der Waals surface area contributed by atoms with E-state index in [9.17, 15) is 5.21 Å². The van der Waals surface area contributed by atoms with Gasteiger partial charge in [0, 0.05) is 6.04 Å². The van der Waals surface area contributed by atoms with E-state index in [-0.39, 0.29) is 6.04 Å². The minimum Gasteiger partial charge on any atom is -0.760 e. The number of hydrogen-bond acceptors (Lipinski definition) is 5. The summed E-state index contributed by atoms with van der Waals surface area (Å²) in [6.07, 6.45) is 1.97. The molecule has 3 unspecified atom stereocenters. The molecule has 1 aliphatic carbocycles. The van der Waals surface area contributed by atoms with Crippen molar-refractivity contribution in [1.29, 1.82) is 0 Å². The fourth-order valence-corrected chi connectivity index (χ4v) is 1.97. The van der Waals surface area contributed by atoms with Crippen LogP contribution in [0.15, 0.2) is 0 Å². The van der Waals surface area contributed by atoms with Gasteiger partial charge in [0.25, 0.3) is 0 Å². The fourth-order valence-electron chi connectivity index (χ4n) is 1.97. The van der Waals surface area contributed by atoms with Crippen LogP contribution < -0.4 is 5.64 Å². The van der Waals surface area contributed by atoms with Crippen molar-refractivity contribution in [1.82, 2.24) is 10.9 Å². The number of nitrogens with zero attached hydrogens (tertiary/aromatic N) is 1. The van der Waals surface area contributed by atoms with Crippen LogP contribution in [0.4, 0.5) is 0 Å². The Balaban J connectivity index is 2.33. The lowest BCUT2D eigenvalue weighted by Crippen LogP contribution is -2.36. The first-order valence-electron chi connectivity index (χ1n) is 4.56. The SMILES string of the molecule is CONON([O-])C1CC(C)CC1C. The molecule has 0 aromatic carbocycles. The Morgan fingerprint density at radius 1 is 1.38 bits per heavy atom. The molecule has 0 aromatic rings. The van der Waals surface area contributed by atoms with Gasteiger partial charge in [0.2, 0.25) is 0 Å². The Hall–Kier alpha value is -0.200. The van der Waals surface area contributed by atoms with Crippen LogP contribution in [0.1, 0.15) is 26.7 Å². The van der Waals surface area contributed by atoms with E-state index < -0.39 is 0 Å². The summed E-state index contributed by atoms with van der Waals surface area (Å²) in [5.74, 6) is 0.980. The third-order valence-electron chi connectivity index (χ3n) is 2.56. The molecule has 0 saturated heterocycles. The van der Waals surface area contributed by atoms with Gasteiger partial charge in [-0.3, -0.25) is 4.84 Å². The van der Waals surface area contributed by atoms with Crippen LogP contribution in [-0.4, -0.2) is 18.4 Å². The lowest BCUT2D eigenvalue weighted by molar-refractivity contribution is -0.292. The predicted octanol–water partition coefficient (Wildman–Crippen LogP) is 1.22. The third-order valence-corrected chi connectivity index (χ3v) is 2.56. The molecule has 1 fully saturated rings. The maximum absolute atomic E-state index is 11.3. The van der Waals surface area contributed by atoms with E-state index in [1.807, 2.05) is 0 Å². The standard InChI is InChI=1S/C8H17N2O3/c1-6-4-7(2)8(5-6)10(11)13-9-12-3/h6-9H,4-5H2,1-3H3/q-1. The van der Waals surface area contributed by atoms with Crippen LogP contribution in [-0.2, 0) is 9.78 Å². The predicted molar refractivity (Wildman–Crippen MR) is 47.8 cm³/mol. The van der Waals surface area contributed by atoms with Crippen molar-refractivity contribution in [3.8, 4) is 0 Å². The molecule has 0 radical (unpaired) electrons. The molecule has 0 amide bonds. The van der Waals surface area contributed by atoms with Gasteiger partial charge in [-0.2, -0.15) is 4.94 Å². The molecule has 0 spiro atoms. The molecule has 13 heavy (non-hydrogen) atoms. The Morgan fingerprint density at radius 2 is 2.08 bits per heavy atom. The second-order valence-corrected chi connectivity index (χ2v) is 3.79. The first-order chi connectivity index (χ1) is 6.15. The van der Waals surface area contributed by atoms with Gasteiger partial charge >= 0.3 is 0 Å². The second-order valence-electron chi connectivity index (χ2n) is 3.79. The largest absolute Gasteiger partial charge is 0.760 e. The Morgan fingerprint density at radius 3 is 2.54 bits per heavy atom. The number of hydroxylamine groups is 2. The molecule has 1 rings (SSSR count). The third kappa shape index (κ3) is 2.89. The van der Waals surface area contributed by atoms with Crippen molar-refractivity contribution >= 4 is 0 Å². The van der Waals surface area contributed by atoms with Gasteiger partial charge in [-0.15, -0.1) is 0 Å². The Bertz CT molecular complexity index is 156. The molecule has 1 N–H and O–H groups in total. The van der Waals surface area contributed by atoms with Crippen LogP contribution in [0, 0.1) is 17.0 Å². The Kier molecular flexibility index (Phi) is 4.08. The highest BCUT2D eigenvalue weighted by molar-refractivity contribution is 4.83. The van der Waals surface area contributed by atoms with E-state index in [0.29, 0.717) is 17.1 Å². The maximum atomic E-state index is 11.3. The summed E-state index contributed by atoms with van der Waals surface area (Å²) in [6, 6.07) is -0.0577. The van der Waals surface area contributed by atoms with Gasteiger partial charge in [-0.05, 0) is 24.7 Å². The smallest absolute Gasteiger partial charge is 0.0599 e. The highest BCUT2D eigenvalue weighted by Gasteiger charge is 2.30. The van der Waals surface area contributed by atoms with Crippen LogP contribution in [0.25, 0.3) is 0 Å². The van der Waals surface area contributed by atoms with Crippen molar-refractivity contribution in [2.24, 2.45) is 11.8 Å². The molecular formula is C8H17N2O3-. The van der Waals surface area contributed by atoms with Crippen molar-refractivity contribution in [2.45, 2.75) is 32.7 Å². The van der Waals surface area contributed by atoms with Gasteiger partial charge in [0.15, 0.2) is 0 Å². The normalized spacial score (nSPS) is 34.4. The van der Waals surface area contributed by atoms with Gasteiger partial charge < -0.3 is 5.21 Å². The minimum absolute atomic E-state index is 0.0577. The first kappa shape index (κ1) is 10.9. The van der Waals surface area contributed by atoms with E-state index in [4.69, 9.17) is 0 Å². The summed E-state index contributed by atoms with van der Waals surface area (Å²) in [5, 5.41) is 11.9. The van der Waals surface area contributed by atoms with Crippen LogP contribution in [0.3, 0.4) is 0 Å². The van der Waals surface area contributed by atoms with Crippen molar-refractivity contribution < 1.29 is 9.78 Å². The summed E-state index contributed by atoms with van der Waals surface area (Å²) >= 11 is 0. The minimum atomic E-state index is -0.0577. The number of nitrogens with one attached hydrogen (secondary N) is 1. The van der Waals surface area contributed by atoms with E-state index in [1.165, 1.54) is 7.11 Å². The zero-order chi connectivity index (χ0) is 9.84. The zero-order valence-electron chi connectivity index (χ0n) is 8.32. The second kappa shape index (κ2) is 4.88. The molecule has 3 atom stereocenters. The van der Waals surface area contributed by atoms with Gasteiger partial charge in [0.1, 0.15) is 0 Å². The average molecular weight is 189 g/mol. The highest BCUT2D eigenvalue weighted by Crippen LogP contribution is 2.33. The highest BCUT2D eigenvalue weighted by atomic mass is 17.1. The summed E-state index contributed by atoms with van der Waals surface area (Å²) in [5.41, 5.74) is 2.07. The van der Waals surface area contributed by atoms with E-state index in [0.717, 1.165) is 12.8 Å². The maximum Gasteiger partial charge on any atom is 0.0599 e. The first-order valence-corrected chi connectivity index (χ1v) is 4.56. The molecule has 0 heterocycles. The van der Waals surface area contributed by atoms with Crippen LogP contribution >= 0.6 is 0 Å². The number of hydrogen-bond donors (Lipinski definition) is 1.